The van der Waals surface area contributed by atoms with Crippen molar-refractivity contribution >= 4 is 51.6 Å². The third kappa shape index (κ3) is 4.76. The molecule has 0 radical (unpaired) electrons. The second-order valence-electron chi connectivity index (χ2n) is 8.48. The van der Waals surface area contributed by atoms with E-state index in [2.05, 4.69) is 22.5 Å². The molecule has 0 aliphatic rings. The lowest BCUT2D eigenvalue weighted by molar-refractivity contribution is 0.0951. The van der Waals surface area contributed by atoms with Crippen molar-refractivity contribution in [3.63, 3.8) is 0 Å². The number of halogens is 1. The molecule has 0 bridgehead atoms. The van der Waals surface area contributed by atoms with Crippen molar-refractivity contribution in [3.05, 3.63) is 94.2 Å². The summed E-state index contributed by atoms with van der Waals surface area (Å²) in [5.41, 5.74) is 6.96. The first-order valence-corrected chi connectivity index (χ1v) is 12.0. The normalized spacial score (nSPS) is 11.0. The summed E-state index contributed by atoms with van der Waals surface area (Å²) in [7, 11) is 0. The number of hydrogen-bond donors (Lipinski definition) is 2. The summed E-state index contributed by atoms with van der Waals surface area (Å²) in [6.45, 7) is 6.01. The number of carbonyl (C=O) groups is 1. The van der Waals surface area contributed by atoms with Crippen LogP contribution in [0.15, 0.2) is 75.6 Å². The molecule has 6 nitrogen and oxygen atoms in total. The summed E-state index contributed by atoms with van der Waals surface area (Å²) >= 11 is 11.5. The lowest BCUT2D eigenvalue weighted by Gasteiger charge is -2.13. The average molecular weight is 516 g/mol. The average Bonchev–Trinajstić information content (AvgIpc) is 3.49. The number of nitrogens with zero attached hydrogens (tertiary/aromatic N) is 1. The number of aryl methyl sites for hydroxylation is 2. The van der Waals surface area contributed by atoms with Gasteiger partial charge in [-0.15, -0.1) is 0 Å². The Bertz CT molecular complexity index is 1640. The molecule has 1 amide bonds. The van der Waals surface area contributed by atoms with Crippen LogP contribution in [0.4, 0.5) is 5.69 Å². The van der Waals surface area contributed by atoms with Crippen molar-refractivity contribution in [1.29, 1.82) is 0 Å². The van der Waals surface area contributed by atoms with Crippen LogP contribution in [0.25, 0.3) is 33.9 Å². The number of thiocarbonyl (C=S) groups is 1. The van der Waals surface area contributed by atoms with Crippen molar-refractivity contribution in [2.45, 2.75) is 20.8 Å². The molecule has 0 atom stereocenters. The molecule has 5 rings (SSSR count). The number of furan rings is 1. The van der Waals surface area contributed by atoms with Crippen LogP contribution in [0.1, 0.15) is 27.2 Å². The number of carbonyl (C=O) groups excluding carboxylic acids is 1. The first kappa shape index (κ1) is 23.8. The number of oxazole rings is 1. The van der Waals surface area contributed by atoms with Crippen molar-refractivity contribution in [2.75, 3.05) is 5.32 Å². The number of amides is 1. The zero-order valence-corrected chi connectivity index (χ0v) is 21.4. The fourth-order valence-electron chi connectivity index (χ4n) is 3.85. The van der Waals surface area contributed by atoms with E-state index in [1.165, 1.54) is 5.56 Å². The number of benzene rings is 3. The molecule has 0 aliphatic heterocycles. The molecule has 36 heavy (non-hydrogen) atoms. The van der Waals surface area contributed by atoms with E-state index >= 15 is 0 Å². The molecule has 0 aliphatic carbocycles. The summed E-state index contributed by atoms with van der Waals surface area (Å²) in [4.78, 5) is 17.3. The van der Waals surface area contributed by atoms with Gasteiger partial charge in [-0.05, 0) is 98.2 Å². The predicted molar refractivity (Wildman–Crippen MR) is 146 cm³/mol. The lowest BCUT2D eigenvalue weighted by atomic mass is 10.1. The van der Waals surface area contributed by atoms with E-state index in [0.29, 0.717) is 33.5 Å². The summed E-state index contributed by atoms with van der Waals surface area (Å²) in [5, 5.41) is 6.50. The van der Waals surface area contributed by atoms with E-state index < -0.39 is 5.91 Å². The minimum atomic E-state index is -0.438. The van der Waals surface area contributed by atoms with E-state index in [1.54, 1.807) is 30.3 Å². The highest BCUT2D eigenvalue weighted by Crippen LogP contribution is 2.31. The van der Waals surface area contributed by atoms with Crippen LogP contribution in [0.2, 0.25) is 5.02 Å². The first-order chi connectivity index (χ1) is 17.3. The minimum absolute atomic E-state index is 0.147. The number of hydrogen-bond acceptors (Lipinski definition) is 5. The third-order valence-corrected chi connectivity index (χ3v) is 6.45. The Labute approximate surface area is 218 Å². The van der Waals surface area contributed by atoms with Gasteiger partial charge >= 0.3 is 0 Å². The van der Waals surface area contributed by atoms with Gasteiger partial charge in [-0.3, -0.25) is 10.1 Å². The highest BCUT2D eigenvalue weighted by molar-refractivity contribution is 7.80. The van der Waals surface area contributed by atoms with Gasteiger partial charge in [-0.1, -0.05) is 29.8 Å². The Kier molecular flexibility index (Phi) is 6.35. The SMILES string of the molecule is Cc1ccc(-c2ccc(C(=O)NC(=S)Nc3cccc(-c4nc5cc(Cl)ccc5o4)c3C)o2)cc1C. The molecule has 180 valence electrons. The van der Waals surface area contributed by atoms with Crippen molar-refractivity contribution < 1.29 is 13.6 Å². The summed E-state index contributed by atoms with van der Waals surface area (Å²) in [6.07, 6.45) is 0. The fraction of sp³-hybridized carbons (Fsp3) is 0.107. The van der Waals surface area contributed by atoms with Gasteiger partial charge in [-0.25, -0.2) is 4.98 Å². The number of nitrogens with one attached hydrogen (secondary N) is 2. The maximum atomic E-state index is 12.7. The smallest absolute Gasteiger partial charge is 0.293 e. The summed E-state index contributed by atoms with van der Waals surface area (Å²) in [5.74, 6) is 0.818. The highest BCUT2D eigenvalue weighted by atomic mass is 35.5. The number of anilines is 1. The zero-order valence-electron chi connectivity index (χ0n) is 19.8. The van der Waals surface area contributed by atoms with Gasteiger partial charge in [0.05, 0.1) is 0 Å². The summed E-state index contributed by atoms with van der Waals surface area (Å²) in [6, 6.07) is 20.4. The zero-order chi connectivity index (χ0) is 25.4. The maximum Gasteiger partial charge on any atom is 0.293 e. The van der Waals surface area contributed by atoms with Crippen LogP contribution in [-0.2, 0) is 0 Å². The van der Waals surface area contributed by atoms with Gasteiger partial charge in [-0.2, -0.15) is 0 Å². The largest absolute Gasteiger partial charge is 0.451 e. The first-order valence-electron chi connectivity index (χ1n) is 11.2. The standard InChI is InChI=1S/C28H22ClN3O3S/c1-15-7-8-18(13-16(15)2)23-11-12-25(34-23)26(33)32-28(36)31-21-6-4-5-20(17(21)3)27-30-22-14-19(29)9-10-24(22)35-27/h4-14H,1-3H3,(H2,31,32,33,36). The molecule has 8 heteroatoms. The molecule has 0 saturated carbocycles. The number of fused-ring (bicyclic) bond motifs is 1. The Hall–Kier alpha value is -3.94. The molecule has 2 N–H and O–H groups in total. The van der Waals surface area contributed by atoms with Crippen LogP contribution in [0, 0.1) is 20.8 Å². The molecule has 0 unspecified atom stereocenters. The molecular formula is C28H22ClN3O3S. The van der Waals surface area contributed by atoms with Crippen molar-refractivity contribution in [2.24, 2.45) is 0 Å². The maximum absolute atomic E-state index is 12.7. The van der Waals surface area contributed by atoms with Crippen LogP contribution in [0.3, 0.4) is 0 Å². The Morgan fingerprint density at radius 2 is 1.78 bits per heavy atom. The molecule has 0 spiro atoms. The van der Waals surface area contributed by atoms with E-state index in [9.17, 15) is 4.79 Å². The predicted octanol–water partition coefficient (Wildman–Crippen LogP) is 7.46. The molecule has 3 aromatic carbocycles. The van der Waals surface area contributed by atoms with Crippen LogP contribution in [-0.4, -0.2) is 16.0 Å². The van der Waals surface area contributed by atoms with Crippen molar-refractivity contribution in [3.8, 4) is 22.8 Å². The minimum Gasteiger partial charge on any atom is -0.451 e. The Balaban J connectivity index is 1.30. The van der Waals surface area contributed by atoms with Crippen LogP contribution < -0.4 is 10.6 Å². The van der Waals surface area contributed by atoms with E-state index in [1.807, 2.05) is 50.2 Å². The molecule has 2 heterocycles. The molecule has 2 aromatic heterocycles. The van der Waals surface area contributed by atoms with Gasteiger partial charge in [0.25, 0.3) is 5.91 Å². The van der Waals surface area contributed by atoms with Crippen LogP contribution in [0.5, 0.6) is 0 Å². The lowest BCUT2D eigenvalue weighted by Crippen LogP contribution is -2.34. The fourth-order valence-corrected chi connectivity index (χ4v) is 4.22. The van der Waals surface area contributed by atoms with Crippen LogP contribution >= 0.6 is 23.8 Å². The molecule has 0 fully saturated rings. The van der Waals surface area contributed by atoms with Gasteiger partial charge in [0.15, 0.2) is 16.5 Å². The monoisotopic (exact) mass is 515 g/mol. The summed E-state index contributed by atoms with van der Waals surface area (Å²) < 4.78 is 11.7. The van der Waals surface area contributed by atoms with E-state index in [4.69, 9.17) is 32.7 Å². The van der Waals surface area contributed by atoms with E-state index in [0.717, 1.165) is 22.3 Å². The molecule has 5 aromatic rings. The third-order valence-electron chi connectivity index (χ3n) is 6.01. The topological polar surface area (TPSA) is 80.3 Å². The second kappa shape index (κ2) is 9.60. The Morgan fingerprint density at radius 1 is 0.944 bits per heavy atom. The quantitative estimate of drug-likeness (QED) is 0.242. The number of aromatic nitrogens is 1. The van der Waals surface area contributed by atoms with Gasteiger partial charge < -0.3 is 14.2 Å². The van der Waals surface area contributed by atoms with Gasteiger partial charge in [0, 0.05) is 21.8 Å². The van der Waals surface area contributed by atoms with Crippen molar-refractivity contribution in [1.82, 2.24) is 10.3 Å². The molecule has 0 saturated heterocycles. The Morgan fingerprint density at radius 3 is 2.58 bits per heavy atom. The van der Waals surface area contributed by atoms with Gasteiger partial charge in [0.1, 0.15) is 11.3 Å². The van der Waals surface area contributed by atoms with Gasteiger partial charge in [0.2, 0.25) is 5.89 Å². The molecular weight excluding hydrogens is 494 g/mol. The number of rotatable bonds is 4. The highest BCUT2D eigenvalue weighted by Gasteiger charge is 2.17. The second-order valence-corrected chi connectivity index (χ2v) is 9.33. The van der Waals surface area contributed by atoms with E-state index in [-0.39, 0.29) is 10.9 Å².